The molecule has 0 aliphatic carbocycles. The highest BCUT2D eigenvalue weighted by atomic mass is 35.5. The third kappa shape index (κ3) is 5.04. The number of nitrogens with zero attached hydrogens (tertiary/aromatic N) is 4. The summed E-state index contributed by atoms with van der Waals surface area (Å²) in [5.41, 5.74) is 3.18. The van der Waals surface area contributed by atoms with Crippen LogP contribution in [0.2, 0.25) is 5.02 Å². The summed E-state index contributed by atoms with van der Waals surface area (Å²) in [6.45, 7) is 2.30. The van der Waals surface area contributed by atoms with E-state index in [1.807, 2.05) is 76.5 Å². The van der Waals surface area contributed by atoms with E-state index in [-0.39, 0.29) is 22.4 Å². The summed E-state index contributed by atoms with van der Waals surface area (Å²) in [4.78, 5) is 30.1. The molecule has 1 aliphatic heterocycles. The molecule has 0 radical (unpaired) electrons. The van der Waals surface area contributed by atoms with Crippen LogP contribution in [0.1, 0.15) is 23.5 Å². The van der Waals surface area contributed by atoms with Crippen molar-refractivity contribution in [2.75, 3.05) is 31.1 Å². The first-order valence-corrected chi connectivity index (χ1v) is 12.5. The average Bonchev–Trinajstić information content (AvgIpc) is 2.94. The number of amides is 1. The lowest BCUT2D eigenvalue weighted by atomic mass is 9.88. The topological polar surface area (TPSA) is 58.4 Å². The fourth-order valence-corrected chi connectivity index (χ4v) is 4.95. The third-order valence-corrected chi connectivity index (χ3v) is 7.01. The maximum Gasteiger partial charge on any atom is 0.292 e. The van der Waals surface area contributed by atoms with Crippen LogP contribution in [-0.2, 0) is 4.79 Å². The van der Waals surface area contributed by atoms with Crippen molar-refractivity contribution in [3.05, 3.63) is 124 Å². The number of halogens is 1. The summed E-state index contributed by atoms with van der Waals surface area (Å²) in [5.74, 6) is 0.123. The molecule has 1 aromatic heterocycles. The molecule has 0 atom stereocenters. The molecule has 0 unspecified atom stereocenters. The van der Waals surface area contributed by atoms with Gasteiger partial charge in [0.1, 0.15) is 5.02 Å². The zero-order chi connectivity index (χ0) is 24.9. The van der Waals surface area contributed by atoms with Gasteiger partial charge in [-0.25, -0.2) is 0 Å². The van der Waals surface area contributed by atoms with E-state index in [1.54, 1.807) is 6.20 Å². The van der Waals surface area contributed by atoms with Crippen LogP contribution in [-0.4, -0.2) is 46.8 Å². The Bertz CT molecular complexity index is 1330. The second kappa shape index (κ2) is 10.8. The molecule has 2 heterocycles. The van der Waals surface area contributed by atoms with E-state index in [9.17, 15) is 9.59 Å². The zero-order valence-corrected chi connectivity index (χ0v) is 20.6. The highest BCUT2D eigenvalue weighted by Crippen LogP contribution is 2.29. The number of hydrogen-bond acceptors (Lipinski definition) is 4. The summed E-state index contributed by atoms with van der Waals surface area (Å²) in [5, 5.41) is 4.48. The van der Waals surface area contributed by atoms with Crippen molar-refractivity contribution in [2.45, 2.75) is 12.3 Å². The SMILES string of the molecule is O=C(CC(c1ccccc1)c1ccccc1)N1CCN(c2cnn(-c3ccccc3)c(=O)c2Cl)CC1. The summed E-state index contributed by atoms with van der Waals surface area (Å²) >= 11 is 6.49. The summed E-state index contributed by atoms with van der Waals surface area (Å²) in [6.07, 6.45) is 2.04. The van der Waals surface area contributed by atoms with Gasteiger partial charge in [-0.2, -0.15) is 9.78 Å². The number of carbonyl (C=O) groups is 1. The van der Waals surface area contributed by atoms with Crippen LogP contribution >= 0.6 is 11.6 Å². The smallest absolute Gasteiger partial charge is 0.292 e. The van der Waals surface area contributed by atoms with Crippen molar-refractivity contribution < 1.29 is 4.79 Å². The van der Waals surface area contributed by atoms with E-state index >= 15 is 0 Å². The number of anilines is 1. The number of piperazine rings is 1. The minimum atomic E-state index is -0.354. The molecule has 7 heteroatoms. The van der Waals surface area contributed by atoms with Gasteiger partial charge in [0, 0.05) is 38.5 Å². The van der Waals surface area contributed by atoms with Gasteiger partial charge in [-0.1, -0.05) is 90.5 Å². The molecule has 36 heavy (non-hydrogen) atoms. The van der Waals surface area contributed by atoms with Gasteiger partial charge in [0.05, 0.1) is 17.6 Å². The standard InChI is InChI=1S/C29H27ClN4O2/c30-28-26(21-31-34(29(28)36)24-14-8-3-9-15-24)32-16-18-33(19-17-32)27(35)20-25(22-10-4-1-5-11-22)23-12-6-2-7-13-23/h1-15,21,25H,16-20H2. The summed E-state index contributed by atoms with van der Waals surface area (Å²) < 4.78 is 1.30. The molecule has 1 saturated heterocycles. The van der Waals surface area contributed by atoms with E-state index in [2.05, 4.69) is 29.4 Å². The lowest BCUT2D eigenvalue weighted by Crippen LogP contribution is -2.49. The third-order valence-electron chi connectivity index (χ3n) is 6.66. The van der Waals surface area contributed by atoms with Crippen LogP contribution in [0.15, 0.2) is 102 Å². The minimum absolute atomic E-state index is 0.00199. The monoisotopic (exact) mass is 498 g/mol. The normalized spacial score (nSPS) is 13.7. The first-order chi connectivity index (χ1) is 17.6. The second-order valence-electron chi connectivity index (χ2n) is 8.84. The van der Waals surface area contributed by atoms with Crippen LogP contribution < -0.4 is 10.5 Å². The first-order valence-electron chi connectivity index (χ1n) is 12.1. The largest absolute Gasteiger partial charge is 0.365 e. The number of aromatic nitrogens is 2. The van der Waals surface area contributed by atoms with E-state index in [4.69, 9.17) is 11.6 Å². The van der Waals surface area contributed by atoms with Gasteiger partial charge in [0.2, 0.25) is 5.91 Å². The summed E-state index contributed by atoms with van der Waals surface area (Å²) in [7, 11) is 0. The molecule has 0 bridgehead atoms. The second-order valence-corrected chi connectivity index (χ2v) is 9.22. The Labute approximate surface area is 215 Å². The Morgan fingerprint density at radius 2 is 1.33 bits per heavy atom. The molecule has 5 rings (SSSR count). The van der Waals surface area contributed by atoms with Gasteiger partial charge < -0.3 is 9.80 Å². The fourth-order valence-electron chi connectivity index (χ4n) is 4.70. The van der Waals surface area contributed by atoms with E-state index < -0.39 is 0 Å². The number of carbonyl (C=O) groups excluding carboxylic acids is 1. The predicted octanol–water partition coefficient (Wildman–Crippen LogP) is 4.76. The van der Waals surface area contributed by atoms with Gasteiger partial charge >= 0.3 is 0 Å². The molecule has 1 aliphatic rings. The Morgan fingerprint density at radius 1 is 0.806 bits per heavy atom. The Morgan fingerprint density at radius 3 is 1.89 bits per heavy atom. The first kappa shape index (κ1) is 23.8. The van der Waals surface area contributed by atoms with Gasteiger partial charge in [0.25, 0.3) is 5.56 Å². The molecule has 0 spiro atoms. The van der Waals surface area contributed by atoms with Crippen molar-refractivity contribution >= 4 is 23.2 Å². The maximum atomic E-state index is 13.3. The van der Waals surface area contributed by atoms with Crippen molar-refractivity contribution in [1.29, 1.82) is 0 Å². The van der Waals surface area contributed by atoms with E-state index in [0.29, 0.717) is 44.0 Å². The Hall–Kier alpha value is -3.90. The zero-order valence-electron chi connectivity index (χ0n) is 19.8. The lowest BCUT2D eigenvalue weighted by Gasteiger charge is -2.36. The van der Waals surface area contributed by atoms with Crippen LogP contribution in [0.4, 0.5) is 5.69 Å². The predicted molar refractivity (Wildman–Crippen MR) is 143 cm³/mol. The highest BCUT2D eigenvalue weighted by molar-refractivity contribution is 6.33. The average molecular weight is 499 g/mol. The van der Waals surface area contributed by atoms with Crippen molar-refractivity contribution in [2.24, 2.45) is 0 Å². The van der Waals surface area contributed by atoms with Gasteiger partial charge in [-0.15, -0.1) is 0 Å². The molecule has 3 aromatic carbocycles. The molecule has 6 nitrogen and oxygen atoms in total. The van der Waals surface area contributed by atoms with Crippen LogP contribution in [0, 0.1) is 0 Å². The number of para-hydroxylation sites is 1. The highest BCUT2D eigenvalue weighted by Gasteiger charge is 2.27. The van der Waals surface area contributed by atoms with Gasteiger partial charge in [-0.3, -0.25) is 9.59 Å². The number of hydrogen-bond donors (Lipinski definition) is 0. The molecule has 4 aromatic rings. The molecule has 182 valence electrons. The molecular weight excluding hydrogens is 472 g/mol. The molecular formula is C29H27ClN4O2. The lowest BCUT2D eigenvalue weighted by molar-refractivity contribution is -0.131. The molecule has 1 amide bonds. The molecule has 0 saturated carbocycles. The van der Waals surface area contributed by atoms with Crippen molar-refractivity contribution in [3.63, 3.8) is 0 Å². The molecule has 0 N–H and O–H groups in total. The Kier molecular flexibility index (Phi) is 7.14. The number of benzene rings is 3. The Balaban J connectivity index is 1.28. The van der Waals surface area contributed by atoms with Gasteiger partial charge in [-0.05, 0) is 23.3 Å². The van der Waals surface area contributed by atoms with Crippen molar-refractivity contribution in [1.82, 2.24) is 14.7 Å². The maximum absolute atomic E-state index is 13.3. The fraction of sp³-hybridized carbons (Fsp3) is 0.207. The van der Waals surface area contributed by atoms with Crippen molar-refractivity contribution in [3.8, 4) is 5.69 Å². The minimum Gasteiger partial charge on any atom is -0.365 e. The molecule has 1 fully saturated rings. The van der Waals surface area contributed by atoms with E-state index in [0.717, 1.165) is 11.1 Å². The van der Waals surface area contributed by atoms with Crippen LogP contribution in [0.5, 0.6) is 0 Å². The number of rotatable bonds is 6. The van der Waals surface area contributed by atoms with Gasteiger partial charge in [0.15, 0.2) is 0 Å². The van der Waals surface area contributed by atoms with Crippen LogP contribution in [0.3, 0.4) is 0 Å². The summed E-state index contributed by atoms with van der Waals surface area (Å²) in [6, 6.07) is 29.5. The van der Waals surface area contributed by atoms with E-state index in [1.165, 1.54) is 4.68 Å². The quantitative estimate of drug-likeness (QED) is 0.384. The van der Waals surface area contributed by atoms with Crippen LogP contribution in [0.25, 0.3) is 5.69 Å².